The predicted molar refractivity (Wildman–Crippen MR) is 96.5 cm³/mol. The van der Waals surface area contributed by atoms with E-state index in [1.165, 1.54) is 4.88 Å². The van der Waals surface area contributed by atoms with Crippen LogP contribution in [0.1, 0.15) is 10.4 Å². The van der Waals surface area contributed by atoms with Gasteiger partial charge in [-0.15, -0.1) is 11.3 Å². The number of thiophene rings is 1. The normalized spacial score (nSPS) is 12.5. The van der Waals surface area contributed by atoms with E-state index < -0.39 is 6.10 Å². The molecule has 0 spiro atoms. The number of aryl methyl sites for hydroxylation is 2. The topological polar surface area (TPSA) is 82.4 Å². The van der Waals surface area contributed by atoms with Crippen LogP contribution < -0.4 is 4.90 Å². The zero-order chi connectivity index (χ0) is 17.3. The van der Waals surface area contributed by atoms with Crippen LogP contribution in [-0.4, -0.2) is 51.5 Å². The number of aliphatic hydroxyl groups is 2. The van der Waals surface area contributed by atoms with Gasteiger partial charge in [0.25, 0.3) is 0 Å². The monoisotopic (exact) mass is 344 g/mol. The summed E-state index contributed by atoms with van der Waals surface area (Å²) in [5.74, 6) is 1.37. The Labute approximate surface area is 144 Å². The molecule has 24 heavy (non-hydrogen) atoms. The second kappa shape index (κ2) is 6.80. The third kappa shape index (κ3) is 3.10. The van der Waals surface area contributed by atoms with Crippen LogP contribution in [0.5, 0.6) is 0 Å². The van der Waals surface area contributed by atoms with Crippen molar-refractivity contribution in [1.29, 1.82) is 0 Å². The average molecular weight is 344 g/mol. The Balaban J connectivity index is 2.17. The number of hydrogen-bond donors (Lipinski definition) is 2. The summed E-state index contributed by atoms with van der Waals surface area (Å²) in [6.07, 6.45) is 2.63. The molecule has 0 saturated carbocycles. The molecule has 0 aromatic carbocycles. The SMILES string of the molecule is Cc1sc2nc(-c3cccnc3)nc(N(C)C[C@H](O)CO)c2c1C. The van der Waals surface area contributed by atoms with Crippen LogP contribution in [0.4, 0.5) is 5.82 Å². The molecule has 3 heterocycles. The van der Waals surface area contributed by atoms with Crippen molar-refractivity contribution in [2.45, 2.75) is 20.0 Å². The summed E-state index contributed by atoms with van der Waals surface area (Å²) < 4.78 is 0. The number of pyridine rings is 1. The van der Waals surface area contributed by atoms with Crippen molar-refractivity contribution < 1.29 is 10.2 Å². The Morgan fingerprint density at radius 1 is 1.29 bits per heavy atom. The standard InChI is InChI=1S/C17H20N4O2S/c1-10-11(2)24-17-14(10)16(21(3)8-13(23)9-22)19-15(20-17)12-5-4-6-18-7-12/h4-7,13,22-23H,8-9H2,1-3H3/t13-/m0/s1. The van der Waals surface area contributed by atoms with Gasteiger partial charge in [-0.25, -0.2) is 9.97 Å². The molecule has 6 nitrogen and oxygen atoms in total. The summed E-state index contributed by atoms with van der Waals surface area (Å²) in [7, 11) is 1.86. The summed E-state index contributed by atoms with van der Waals surface area (Å²) in [5.41, 5.74) is 1.99. The lowest BCUT2D eigenvalue weighted by Crippen LogP contribution is -2.32. The van der Waals surface area contributed by atoms with Crippen LogP contribution in [0.3, 0.4) is 0 Å². The molecule has 0 aliphatic heterocycles. The van der Waals surface area contributed by atoms with E-state index in [0.29, 0.717) is 12.4 Å². The molecule has 3 rings (SSSR count). The molecule has 2 N–H and O–H groups in total. The van der Waals surface area contributed by atoms with Crippen LogP contribution in [0, 0.1) is 13.8 Å². The minimum atomic E-state index is -0.818. The van der Waals surface area contributed by atoms with Gasteiger partial charge < -0.3 is 15.1 Å². The smallest absolute Gasteiger partial charge is 0.164 e. The van der Waals surface area contributed by atoms with E-state index in [4.69, 9.17) is 15.1 Å². The zero-order valence-electron chi connectivity index (χ0n) is 13.9. The zero-order valence-corrected chi connectivity index (χ0v) is 14.7. The van der Waals surface area contributed by atoms with E-state index in [0.717, 1.165) is 27.2 Å². The summed E-state index contributed by atoms with van der Waals surface area (Å²) in [4.78, 5) is 17.5. The molecule has 3 aromatic rings. The second-order valence-electron chi connectivity index (χ2n) is 5.79. The van der Waals surface area contributed by atoms with Crippen molar-refractivity contribution in [2.75, 3.05) is 25.1 Å². The van der Waals surface area contributed by atoms with Crippen molar-refractivity contribution in [2.24, 2.45) is 0 Å². The lowest BCUT2D eigenvalue weighted by atomic mass is 10.2. The van der Waals surface area contributed by atoms with Crippen molar-refractivity contribution in [3.63, 3.8) is 0 Å². The molecule has 0 unspecified atom stereocenters. The molecule has 126 valence electrons. The quantitative estimate of drug-likeness (QED) is 0.738. The first-order valence-electron chi connectivity index (χ1n) is 7.69. The molecule has 0 aliphatic rings. The number of rotatable bonds is 5. The minimum Gasteiger partial charge on any atom is -0.394 e. The van der Waals surface area contributed by atoms with Gasteiger partial charge in [0.1, 0.15) is 10.6 Å². The first kappa shape index (κ1) is 16.8. The van der Waals surface area contributed by atoms with Gasteiger partial charge in [0.2, 0.25) is 0 Å². The van der Waals surface area contributed by atoms with Gasteiger partial charge in [0.05, 0.1) is 18.1 Å². The Morgan fingerprint density at radius 3 is 2.75 bits per heavy atom. The Hall–Kier alpha value is -2.09. The second-order valence-corrected chi connectivity index (χ2v) is 7.00. The fourth-order valence-corrected chi connectivity index (χ4v) is 3.61. The molecule has 0 fully saturated rings. The maximum absolute atomic E-state index is 9.78. The average Bonchev–Trinajstić information content (AvgIpc) is 2.89. The van der Waals surface area contributed by atoms with E-state index in [1.54, 1.807) is 23.7 Å². The van der Waals surface area contributed by atoms with Gasteiger partial charge in [-0.3, -0.25) is 4.98 Å². The molecule has 0 amide bonds. The molecule has 0 saturated heterocycles. The van der Waals surface area contributed by atoms with Gasteiger partial charge in [-0.1, -0.05) is 0 Å². The summed E-state index contributed by atoms with van der Waals surface area (Å²) in [6.45, 7) is 4.14. The molecule has 0 bridgehead atoms. The first-order valence-corrected chi connectivity index (χ1v) is 8.51. The van der Waals surface area contributed by atoms with Crippen LogP contribution in [0.2, 0.25) is 0 Å². The fourth-order valence-electron chi connectivity index (χ4n) is 2.59. The number of aromatic nitrogens is 3. The number of likely N-dealkylation sites (N-methyl/N-ethyl adjacent to an activating group) is 1. The maximum atomic E-state index is 9.78. The van der Waals surface area contributed by atoms with Gasteiger partial charge >= 0.3 is 0 Å². The molecule has 0 aliphatic carbocycles. The van der Waals surface area contributed by atoms with Crippen LogP contribution in [-0.2, 0) is 0 Å². The molecule has 7 heteroatoms. The highest BCUT2D eigenvalue weighted by molar-refractivity contribution is 7.18. The molecular weight excluding hydrogens is 324 g/mol. The predicted octanol–water partition coefficient (Wildman–Crippen LogP) is 2.16. The van der Waals surface area contributed by atoms with Gasteiger partial charge in [-0.05, 0) is 31.5 Å². The highest BCUT2D eigenvalue weighted by Crippen LogP contribution is 2.36. The van der Waals surface area contributed by atoms with Gasteiger partial charge in [-0.2, -0.15) is 0 Å². The summed E-state index contributed by atoms with van der Waals surface area (Å²) in [6, 6.07) is 3.78. The Morgan fingerprint density at radius 2 is 2.08 bits per heavy atom. The van der Waals surface area contributed by atoms with Crippen LogP contribution in [0.25, 0.3) is 21.6 Å². The van der Waals surface area contributed by atoms with E-state index in [-0.39, 0.29) is 6.61 Å². The van der Waals surface area contributed by atoms with Gasteiger partial charge in [0, 0.05) is 36.4 Å². The van der Waals surface area contributed by atoms with E-state index >= 15 is 0 Å². The summed E-state index contributed by atoms with van der Waals surface area (Å²) >= 11 is 1.63. The van der Waals surface area contributed by atoms with E-state index in [2.05, 4.69) is 18.8 Å². The largest absolute Gasteiger partial charge is 0.394 e. The van der Waals surface area contributed by atoms with Crippen molar-refractivity contribution in [3.05, 3.63) is 35.0 Å². The number of fused-ring (bicyclic) bond motifs is 1. The molecule has 3 aromatic heterocycles. The molecule has 0 radical (unpaired) electrons. The Bertz CT molecular complexity index is 851. The van der Waals surface area contributed by atoms with Crippen molar-refractivity contribution in [3.8, 4) is 11.4 Å². The maximum Gasteiger partial charge on any atom is 0.164 e. The minimum absolute atomic E-state index is 0.282. The third-order valence-electron chi connectivity index (χ3n) is 3.99. The van der Waals surface area contributed by atoms with E-state index in [1.807, 2.05) is 24.1 Å². The van der Waals surface area contributed by atoms with E-state index in [9.17, 15) is 5.11 Å². The van der Waals surface area contributed by atoms with Gasteiger partial charge in [0.15, 0.2) is 5.82 Å². The van der Waals surface area contributed by atoms with Crippen LogP contribution >= 0.6 is 11.3 Å². The molecule has 1 atom stereocenters. The number of hydrogen-bond acceptors (Lipinski definition) is 7. The van der Waals surface area contributed by atoms with Crippen molar-refractivity contribution >= 4 is 27.4 Å². The first-order chi connectivity index (χ1) is 11.5. The fraction of sp³-hybridized carbons (Fsp3) is 0.353. The highest BCUT2D eigenvalue weighted by Gasteiger charge is 2.19. The lowest BCUT2D eigenvalue weighted by Gasteiger charge is -2.22. The van der Waals surface area contributed by atoms with Crippen molar-refractivity contribution in [1.82, 2.24) is 15.0 Å². The lowest BCUT2D eigenvalue weighted by molar-refractivity contribution is 0.101. The number of nitrogens with zero attached hydrogens (tertiary/aromatic N) is 4. The third-order valence-corrected chi connectivity index (χ3v) is 5.09. The number of aliphatic hydroxyl groups excluding tert-OH is 2. The van der Waals surface area contributed by atoms with Crippen LogP contribution in [0.15, 0.2) is 24.5 Å². The summed E-state index contributed by atoms with van der Waals surface area (Å²) in [5, 5.41) is 19.9. The Kier molecular flexibility index (Phi) is 4.75. The number of anilines is 1. The molecular formula is C17H20N4O2S. The highest BCUT2D eigenvalue weighted by atomic mass is 32.1.